The van der Waals surface area contributed by atoms with Crippen LogP contribution in [0, 0.1) is 44.4 Å². The van der Waals surface area contributed by atoms with Gasteiger partial charge in [0, 0.05) is 31.3 Å². The fraction of sp³-hybridized carbons (Fsp3) is 0.600. The van der Waals surface area contributed by atoms with Crippen molar-refractivity contribution in [2.75, 3.05) is 93.4 Å². The van der Waals surface area contributed by atoms with Crippen LogP contribution in [0.15, 0.2) is 91.2 Å². The third-order valence-corrected chi connectivity index (χ3v) is 17.2. The maximum absolute atomic E-state index is 14.4. The van der Waals surface area contributed by atoms with Crippen LogP contribution in [0.25, 0.3) is 0 Å². The van der Waals surface area contributed by atoms with E-state index >= 15 is 0 Å². The van der Waals surface area contributed by atoms with Crippen molar-refractivity contribution in [3.63, 3.8) is 0 Å². The van der Waals surface area contributed by atoms with Crippen molar-refractivity contribution in [3.05, 3.63) is 130 Å². The number of carbonyl (C=O) groups is 2. The van der Waals surface area contributed by atoms with Gasteiger partial charge in [-0.15, -0.1) is 0 Å². The van der Waals surface area contributed by atoms with Crippen LogP contribution in [-0.4, -0.2) is 127 Å². The van der Waals surface area contributed by atoms with E-state index in [1.807, 2.05) is 78.9 Å². The first-order chi connectivity index (χ1) is 40.6. The topological polar surface area (TPSA) is 153 Å². The van der Waals surface area contributed by atoms with Gasteiger partial charge in [0.05, 0.1) is 66.7 Å². The number of hydrogen-bond donors (Lipinski definition) is 2. The van der Waals surface area contributed by atoms with Crippen LogP contribution in [0.2, 0.25) is 0 Å². The largest absolute Gasteiger partial charge is 0.499 e. The Morgan fingerprint density at radius 2 is 1.24 bits per heavy atom. The predicted molar refractivity (Wildman–Crippen MR) is 332 cm³/mol. The Morgan fingerprint density at radius 3 is 1.80 bits per heavy atom. The molecule has 2 aliphatic heterocycles. The highest BCUT2D eigenvalue weighted by Crippen LogP contribution is 2.46. The molecule has 0 saturated carbocycles. The molecule has 4 atom stereocenters. The molecule has 0 aliphatic carbocycles. The lowest BCUT2D eigenvalue weighted by Crippen LogP contribution is -2.53. The molecule has 1 saturated heterocycles. The molecular weight excluding hydrogens is 1060 g/mol. The fourth-order valence-corrected chi connectivity index (χ4v) is 11.7. The monoisotopic (exact) mass is 1160 g/mol. The Labute approximate surface area is 503 Å². The number of benzene rings is 4. The third-order valence-electron chi connectivity index (χ3n) is 17.2. The van der Waals surface area contributed by atoms with Gasteiger partial charge in [0.15, 0.2) is 0 Å². The summed E-state index contributed by atoms with van der Waals surface area (Å²) in [6, 6.07) is 24.0. The molecule has 0 radical (unpaired) electrons. The number of nitrogens with one attached hydrogen (secondary N) is 1. The summed E-state index contributed by atoms with van der Waals surface area (Å²) >= 11 is 0. The molecule has 0 aromatic heterocycles. The van der Waals surface area contributed by atoms with Crippen molar-refractivity contribution in [3.8, 4) is 23.0 Å². The molecule has 0 bridgehead atoms. The second-order valence-electron chi connectivity index (χ2n) is 24.1. The molecule has 0 unspecified atom stereocenters. The summed E-state index contributed by atoms with van der Waals surface area (Å²) < 4.78 is 54.2. The number of likely N-dealkylation sites (tertiary alicyclic amines) is 1. The summed E-state index contributed by atoms with van der Waals surface area (Å²) in [6.45, 7) is 22.1. The summed E-state index contributed by atoms with van der Waals surface area (Å²) in [6.07, 6.45) is 17.6. The maximum atomic E-state index is 14.4. The summed E-state index contributed by atoms with van der Waals surface area (Å²) in [5.41, 5.74) is 5.78. The van der Waals surface area contributed by atoms with E-state index in [1.54, 1.807) is 19.1 Å². The van der Waals surface area contributed by atoms with E-state index in [0.29, 0.717) is 77.1 Å². The van der Waals surface area contributed by atoms with Crippen molar-refractivity contribution in [2.24, 2.45) is 23.7 Å². The molecule has 2 amide bonds. The van der Waals surface area contributed by atoms with Gasteiger partial charge in [-0.3, -0.25) is 9.59 Å². The Balaban J connectivity index is 0.890. The minimum atomic E-state index is -1.22. The Bertz CT molecular complexity index is 2530. The van der Waals surface area contributed by atoms with Gasteiger partial charge in [-0.25, -0.2) is 0 Å². The van der Waals surface area contributed by atoms with Gasteiger partial charge in [-0.2, -0.15) is 0 Å². The molecule has 14 nitrogen and oxygen atoms in total. The lowest BCUT2D eigenvalue weighted by Gasteiger charge is -2.38. The van der Waals surface area contributed by atoms with Gasteiger partial charge < -0.3 is 58.0 Å². The molecular formula is C70H102N2O12. The highest BCUT2D eigenvalue weighted by Gasteiger charge is 2.41. The van der Waals surface area contributed by atoms with Crippen LogP contribution in [-0.2, 0) is 45.3 Å². The zero-order valence-corrected chi connectivity index (χ0v) is 52.6. The number of ether oxygens (including phenoxy) is 9. The van der Waals surface area contributed by atoms with Crippen LogP contribution in [0.3, 0.4) is 0 Å². The Hall–Kier alpha value is -5.64. The first-order valence-corrected chi connectivity index (χ1v) is 31.3. The lowest BCUT2D eigenvalue weighted by atomic mass is 9.80. The third kappa shape index (κ3) is 20.2. The highest BCUT2D eigenvalue weighted by molar-refractivity contribution is 5.93. The van der Waals surface area contributed by atoms with Gasteiger partial charge in [0.25, 0.3) is 0 Å². The second-order valence-corrected chi connectivity index (χ2v) is 24.1. The number of fused-ring (bicyclic) bond motifs is 1. The number of nitrogens with zero attached hydrogens (tertiary/aromatic N) is 1. The van der Waals surface area contributed by atoms with E-state index in [2.05, 4.69) is 60.7 Å². The van der Waals surface area contributed by atoms with Crippen molar-refractivity contribution in [2.45, 2.75) is 156 Å². The number of hydrogen-bond acceptors (Lipinski definition) is 12. The summed E-state index contributed by atoms with van der Waals surface area (Å²) in [5.74, 6) is 5.08. The fourth-order valence-electron chi connectivity index (χ4n) is 11.7. The molecule has 2 heterocycles. The summed E-state index contributed by atoms with van der Waals surface area (Å²) in [5, 5.41) is 12.7. The molecule has 84 heavy (non-hydrogen) atoms. The second kappa shape index (κ2) is 35.1. The van der Waals surface area contributed by atoms with E-state index in [4.69, 9.17) is 42.6 Å². The van der Waals surface area contributed by atoms with Crippen molar-refractivity contribution in [1.82, 2.24) is 10.2 Å². The quantitative estimate of drug-likeness (QED) is 0.0190. The van der Waals surface area contributed by atoms with Crippen molar-refractivity contribution < 1.29 is 57.3 Å². The SMILES string of the molecule is COc1ccc(C(OC[C@H](NC(=O)C=COCCOCCOCCOCCOc2c(C)c(C)c3c(c2C)CC[C@@](C)(CCC[C@H](C)CCC[C@H](C)CCCC(C)C)O3)C(=O)N2CCC(CO)CC2)(c2ccccc2)c2ccc(OC)cc2)cc1. The first-order valence-electron chi connectivity index (χ1n) is 31.3. The van der Waals surface area contributed by atoms with Crippen LogP contribution >= 0.6 is 0 Å². The average Bonchev–Trinajstić information content (AvgIpc) is 1.36. The highest BCUT2D eigenvalue weighted by atomic mass is 16.6. The van der Waals surface area contributed by atoms with E-state index in [-0.39, 0.29) is 43.9 Å². The standard InChI is InChI=1S/C70H102N2O12/c1-51(2)17-14-18-52(3)19-15-20-53(4)21-16-36-69(8)37-32-63-56(7)66(54(5)55(6)67(63)84-69)82-48-47-81-46-45-80-44-43-79-42-41-78-40-35-65(74)71-64(68(75)72-38-33-57(49-73)34-39-72)50-83-70(58-22-12-11-13-23-58,59-24-28-61(76-9)29-25-59)60-26-30-62(77-10)31-27-60/h11-13,22-31,35,40,51-53,57,64,73H,14-21,32-34,36-39,41-50H2,1-10H3,(H,71,74)/t52-,53-,64+,69-/m1/s1. The number of aliphatic hydroxyl groups is 1. The van der Waals surface area contributed by atoms with Gasteiger partial charge in [0.2, 0.25) is 11.8 Å². The summed E-state index contributed by atoms with van der Waals surface area (Å²) in [7, 11) is 3.23. The first kappa shape index (κ1) is 67.5. The molecule has 4 aromatic carbocycles. The number of rotatable bonds is 38. The van der Waals surface area contributed by atoms with Crippen LogP contribution in [0.5, 0.6) is 23.0 Å². The number of aliphatic hydroxyl groups excluding tert-OH is 1. The molecule has 2 N–H and O–H groups in total. The molecule has 6 rings (SSSR count). The van der Waals surface area contributed by atoms with Gasteiger partial charge in [-0.1, -0.05) is 127 Å². The van der Waals surface area contributed by atoms with E-state index in [1.165, 1.54) is 80.4 Å². The molecule has 464 valence electrons. The van der Waals surface area contributed by atoms with Crippen molar-refractivity contribution in [1.29, 1.82) is 0 Å². The molecule has 1 fully saturated rings. The van der Waals surface area contributed by atoms with Crippen LogP contribution in [0.1, 0.15) is 151 Å². The minimum Gasteiger partial charge on any atom is -0.499 e. The van der Waals surface area contributed by atoms with Crippen LogP contribution in [0.4, 0.5) is 0 Å². The van der Waals surface area contributed by atoms with Crippen LogP contribution < -0.4 is 24.3 Å². The number of carbonyl (C=O) groups excluding carboxylic acids is 2. The zero-order valence-electron chi connectivity index (χ0n) is 52.6. The van der Waals surface area contributed by atoms with E-state index in [9.17, 15) is 14.7 Å². The average molecular weight is 1160 g/mol. The normalized spacial score (nSPS) is 16.7. The number of amides is 2. The number of piperidine rings is 1. The molecule has 14 heteroatoms. The molecule has 2 aliphatic rings. The van der Waals surface area contributed by atoms with E-state index < -0.39 is 17.6 Å². The van der Waals surface area contributed by atoms with E-state index in [0.717, 1.165) is 70.8 Å². The lowest BCUT2D eigenvalue weighted by molar-refractivity contribution is -0.140. The summed E-state index contributed by atoms with van der Waals surface area (Å²) in [4.78, 5) is 29.7. The van der Waals surface area contributed by atoms with Gasteiger partial charge >= 0.3 is 0 Å². The maximum Gasteiger partial charge on any atom is 0.247 e. The number of methoxy groups -OCH3 is 2. The predicted octanol–water partition coefficient (Wildman–Crippen LogP) is 12.8. The molecule has 0 spiro atoms. The zero-order chi connectivity index (χ0) is 60.3. The van der Waals surface area contributed by atoms with Gasteiger partial charge in [-0.05, 0) is 148 Å². The Kier molecular flexibility index (Phi) is 28.2. The minimum absolute atomic E-state index is 0.0666. The molecule has 4 aromatic rings. The van der Waals surface area contributed by atoms with Gasteiger partial charge in [0.1, 0.15) is 53.5 Å². The van der Waals surface area contributed by atoms with Crippen molar-refractivity contribution >= 4 is 11.8 Å². The smallest absolute Gasteiger partial charge is 0.247 e. The Morgan fingerprint density at radius 1 is 0.702 bits per heavy atom.